The highest BCUT2D eigenvalue weighted by atomic mass is 32.2. The molecule has 0 saturated heterocycles. The predicted molar refractivity (Wildman–Crippen MR) is 64.4 cm³/mol. The van der Waals surface area contributed by atoms with Crippen LogP contribution in [0.15, 0.2) is 23.1 Å². The van der Waals surface area contributed by atoms with E-state index in [1.54, 1.807) is 6.92 Å². The SMILES string of the molecule is CC(N)CCCNS(=O)(=O)c1cc(F)ccc1F. The number of nitrogens with one attached hydrogen (secondary N) is 1. The number of rotatable bonds is 6. The van der Waals surface area contributed by atoms with Gasteiger partial charge in [0.25, 0.3) is 0 Å². The van der Waals surface area contributed by atoms with E-state index in [-0.39, 0.29) is 12.6 Å². The molecule has 0 spiro atoms. The standard InChI is InChI=1S/C11H16F2N2O2S/c1-8(14)3-2-6-15-18(16,17)11-7-9(12)4-5-10(11)13/h4-5,7-8,15H,2-3,6,14H2,1H3. The van der Waals surface area contributed by atoms with Crippen LogP contribution < -0.4 is 10.5 Å². The van der Waals surface area contributed by atoms with Gasteiger partial charge >= 0.3 is 0 Å². The molecule has 3 N–H and O–H groups in total. The minimum absolute atomic E-state index is 0.0274. The van der Waals surface area contributed by atoms with Gasteiger partial charge in [0.1, 0.15) is 16.5 Å². The molecule has 4 nitrogen and oxygen atoms in total. The van der Waals surface area contributed by atoms with Crippen LogP contribution in [0.5, 0.6) is 0 Å². The van der Waals surface area contributed by atoms with Crippen LogP contribution in [0.1, 0.15) is 19.8 Å². The van der Waals surface area contributed by atoms with E-state index in [9.17, 15) is 17.2 Å². The lowest BCUT2D eigenvalue weighted by atomic mass is 10.2. The van der Waals surface area contributed by atoms with E-state index in [1.165, 1.54) is 0 Å². The summed E-state index contributed by atoms with van der Waals surface area (Å²) in [7, 11) is -4.02. The smallest absolute Gasteiger partial charge is 0.243 e. The van der Waals surface area contributed by atoms with Gasteiger partial charge in [0, 0.05) is 12.6 Å². The van der Waals surface area contributed by atoms with Crippen LogP contribution in [0, 0.1) is 11.6 Å². The highest BCUT2D eigenvalue weighted by Gasteiger charge is 2.19. The summed E-state index contributed by atoms with van der Waals surface area (Å²) in [6.45, 7) is 1.95. The number of hydrogen-bond donors (Lipinski definition) is 2. The second-order valence-corrected chi connectivity index (χ2v) is 5.83. The molecule has 0 saturated carbocycles. The summed E-state index contributed by atoms with van der Waals surface area (Å²) in [5, 5.41) is 0. The second-order valence-electron chi connectivity index (χ2n) is 4.09. The maximum Gasteiger partial charge on any atom is 0.243 e. The first-order chi connectivity index (χ1) is 8.33. The molecule has 18 heavy (non-hydrogen) atoms. The minimum Gasteiger partial charge on any atom is -0.328 e. The van der Waals surface area contributed by atoms with Gasteiger partial charge in [0.05, 0.1) is 0 Å². The van der Waals surface area contributed by atoms with E-state index in [1.807, 2.05) is 0 Å². The van der Waals surface area contributed by atoms with Crippen LogP contribution in [-0.2, 0) is 10.0 Å². The Morgan fingerprint density at radius 3 is 2.67 bits per heavy atom. The van der Waals surface area contributed by atoms with E-state index in [4.69, 9.17) is 5.73 Å². The van der Waals surface area contributed by atoms with Crippen molar-refractivity contribution in [3.05, 3.63) is 29.8 Å². The molecule has 102 valence electrons. The largest absolute Gasteiger partial charge is 0.328 e. The summed E-state index contributed by atoms with van der Waals surface area (Å²) >= 11 is 0. The van der Waals surface area contributed by atoms with Crippen LogP contribution in [0.3, 0.4) is 0 Å². The fourth-order valence-electron chi connectivity index (χ4n) is 1.39. The van der Waals surface area contributed by atoms with Gasteiger partial charge in [0.15, 0.2) is 0 Å². The van der Waals surface area contributed by atoms with E-state index >= 15 is 0 Å². The Bertz CT molecular complexity index is 504. The van der Waals surface area contributed by atoms with Crippen molar-refractivity contribution in [3.8, 4) is 0 Å². The molecule has 0 fully saturated rings. The normalized spacial score (nSPS) is 13.6. The molecule has 0 aromatic heterocycles. The third-order valence-corrected chi connectivity index (χ3v) is 3.79. The zero-order chi connectivity index (χ0) is 13.8. The minimum atomic E-state index is -4.02. The zero-order valence-corrected chi connectivity index (χ0v) is 10.8. The lowest BCUT2D eigenvalue weighted by molar-refractivity contribution is 0.541. The Kier molecular flexibility index (Phi) is 5.18. The number of halogens is 2. The van der Waals surface area contributed by atoms with Crippen LogP contribution in [-0.4, -0.2) is 21.0 Å². The predicted octanol–water partition coefficient (Wildman–Crippen LogP) is 1.37. The number of hydrogen-bond acceptors (Lipinski definition) is 3. The molecule has 1 atom stereocenters. The molecular formula is C11H16F2N2O2S. The monoisotopic (exact) mass is 278 g/mol. The fourth-order valence-corrected chi connectivity index (χ4v) is 2.55. The molecule has 0 heterocycles. The van der Waals surface area contributed by atoms with Gasteiger partial charge in [-0.05, 0) is 38.0 Å². The molecule has 0 radical (unpaired) electrons. The Balaban J connectivity index is 2.71. The Labute approximate surface area is 105 Å². The van der Waals surface area contributed by atoms with Crippen molar-refractivity contribution in [3.63, 3.8) is 0 Å². The van der Waals surface area contributed by atoms with E-state index < -0.39 is 26.6 Å². The number of benzene rings is 1. The third kappa shape index (κ3) is 4.32. The van der Waals surface area contributed by atoms with Crippen LogP contribution >= 0.6 is 0 Å². The average molecular weight is 278 g/mol. The Hall–Kier alpha value is -1.05. The van der Waals surface area contributed by atoms with E-state index in [0.717, 1.165) is 12.1 Å². The molecular weight excluding hydrogens is 262 g/mol. The average Bonchev–Trinajstić information content (AvgIpc) is 2.27. The van der Waals surface area contributed by atoms with E-state index in [2.05, 4.69) is 4.72 Å². The first kappa shape index (κ1) is 15.0. The molecule has 0 aliphatic carbocycles. The van der Waals surface area contributed by atoms with Gasteiger partial charge in [-0.1, -0.05) is 0 Å². The summed E-state index contributed by atoms with van der Waals surface area (Å²) in [6.07, 6.45) is 1.18. The number of nitrogens with two attached hydrogens (primary N) is 1. The molecule has 1 rings (SSSR count). The second kappa shape index (κ2) is 6.21. The molecule has 7 heteroatoms. The molecule has 1 aromatic rings. The lowest BCUT2D eigenvalue weighted by Crippen LogP contribution is -2.27. The molecule has 0 bridgehead atoms. The van der Waals surface area contributed by atoms with Crippen LogP contribution in [0.2, 0.25) is 0 Å². The summed E-state index contributed by atoms with van der Waals surface area (Å²) in [4.78, 5) is -0.678. The summed E-state index contributed by atoms with van der Waals surface area (Å²) in [5.41, 5.74) is 5.51. The van der Waals surface area contributed by atoms with Crippen molar-refractivity contribution in [2.45, 2.75) is 30.7 Å². The molecule has 0 aliphatic heterocycles. The van der Waals surface area contributed by atoms with Crippen molar-refractivity contribution < 1.29 is 17.2 Å². The van der Waals surface area contributed by atoms with Crippen molar-refractivity contribution in [1.29, 1.82) is 0 Å². The topological polar surface area (TPSA) is 72.2 Å². The zero-order valence-electron chi connectivity index (χ0n) is 9.99. The summed E-state index contributed by atoms with van der Waals surface area (Å²) in [6, 6.07) is 2.28. The highest BCUT2D eigenvalue weighted by Crippen LogP contribution is 2.15. The van der Waals surface area contributed by atoms with Crippen molar-refractivity contribution in [1.82, 2.24) is 4.72 Å². The molecule has 0 amide bonds. The fraction of sp³-hybridized carbons (Fsp3) is 0.455. The van der Waals surface area contributed by atoms with E-state index in [0.29, 0.717) is 18.9 Å². The first-order valence-electron chi connectivity index (χ1n) is 5.53. The maximum atomic E-state index is 13.3. The molecule has 1 aromatic carbocycles. The van der Waals surface area contributed by atoms with Gasteiger partial charge in [-0.2, -0.15) is 0 Å². The molecule has 0 aliphatic rings. The quantitative estimate of drug-likeness (QED) is 0.772. The lowest BCUT2D eigenvalue weighted by Gasteiger charge is -2.08. The van der Waals surface area contributed by atoms with Gasteiger partial charge in [-0.25, -0.2) is 21.9 Å². The van der Waals surface area contributed by atoms with Crippen molar-refractivity contribution in [2.75, 3.05) is 6.54 Å². The third-order valence-electron chi connectivity index (χ3n) is 2.31. The van der Waals surface area contributed by atoms with Gasteiger partial charge in [-0.15, -0.1) is 0 Å². The van der Waals surface area contributed by atoms with Crippen LogP contribution in [0.25, 0.3) is 0 Å². The Morgan fingerprint density at radius 2 is 2.06 bits per heavy atom. The Morgan fingerprint density at radius 1 is 1.39 bits per heavy atom. The maximum absolute atomic E-state index is 13.3. The summed E-state index contributed by atoms with van der Waals surface area (Å²) in [5.74, 6) is -1.77. The van der Waals surface area contributed by atoms with Gasteiger partial charge < -0.3 is 5.73 Å². The van der Waals surface area contributed by atoms with Gasteiger partial charge in [-0.3, -0.25) is 0 Å². The number of sulfonamides is 1. The summed E-state index contributed by atoms with van der Waals surface area (Å²) < 4.78 is 51.8. The molecule has 1 unspecified atom stereocenters. The van der Waals surface area contributed by atoms with Crippen LogP contribution in [0.4, 0.5) is 8.78 Å². The van der Waals surface area contributed by atoms with Gasteiger partial charge in [0.2, 0.25) is 10.0 Å². The van der Waals surface area contributed by atoms with Crippen molar-refractivity contribution >= 4 is 10.0 Å². The van der Waals surface area contributed by atoms with Crippen molar-refractivity contribution in [2.24, 2.45) is 5.73 Å². The highest BCUT2D eigenvalue weighted by molar-refractivity contribution is 7.89. The first-order valence-corrected chi connectivity index (χ1v) is 7.01.